The number of benzene rings is 1. The molecule has 0 spiro atoms. The van der Waals surface area contributed by atoms with Gasteiger partial charge in [-0.2, -0.15) is 0 Å². The summed E-state index contributed by atoms with van der Waals surface area (Å²) in [5.74, 6) is -0.0360. The Balaban J connectivity index is 2.88. The van der Waals surface area contributed by atoms with E-state index in [0.29, 0.717) is 6.54 Å². The predicted molar refractivity (Wildman–Crippen MR) is 58.4 cm³/mol. The lowest BCUT2D eigenvalue weighted by Gasteiger charge is -2.06. The second kappa shape index (κ2) is 4.61. The molecule has 2 heteroatoms. The van der Waals surface area contributed by atoms with Gasteiger partial charge >= 0.3 is 0 Å². The SMILES string of the molecule is C=CCNC(=O)c1cc(C)ccc1C. The number of aryl methyl sites for hydroxylation is 2. The quantitative estimate of drug-likeness (QED) is 0.726. The maximum atomic E-state index is 11.6. The molecule has 0 heterocycles. The van der Waals surface area contributed by atoms with Crippen LogP contribution in [-0.4, -0.2) is 12.5 Å². The molecule has 1 rings (SSSR count). The van der Waals surface area contributed by atoms with E-state index in [4.69, 9.17) is 0 Å². The van der Waals surface area contributed by atoms with Gasteiger partial charge in [0.05, 0.1) is 0 Å². The van der Waals surface area contributed by atoms with E-state index in [1.807, 2.05) is 32.0 Å². The summed E-state index contributed by atoms with van der Waals surface area (Å²) < 4.78 is 0. The summed E-state index contributed by atoms with van der Waals surface area (Å²) >= 11 is 0. The molecule has 1 N–H and O–H groups in total. The Kier molecular flexibility index (Phi) is 3.46. The Labute approximate surface area is 84.6 Å². The van der Waals surface area contributed by atoms with Crippen molar-refractivity contribution in [3.05, 3.63) is 47.5 Å². The van der Waals surface area contributed by atoms with Crippen LogP contribution in [0.2, 0.25) is 0 Å². The van der Waals surface area contributed by atoms with E-state index >= 15 is 0 Å². The number of nitrogens with one attached hydrogen (secondary N) is 1. The van der Waals surface area contributed by atoms with Gasteiger partial charge in [0.15, 0.2) is 0 Å². The molecule has 0 radical (unpaired) electrons. The number of hydrogen-bond acceptors (Lipinski definition) is 1. The number of rotatable bonds is 3. The Morgan fingerprint density at radius 1 is 1.50 bits per heavy atom. The fourth-order valence-electron chi connectivity index (χ4n) is 1.24. The first-order chi connectivity index (χ1) is 6.65. The van der Waals surface area contributed by atoms with Crippen molar-refractivity contribution >= 4 is 5.91 Å². The molecule has 0 aliphatic rings. The summed E-state index contributed by atoms with van der Waals surface area (Å²) in [6, 6.07) is 5.85. The Morgan fingerprint density at radius 3 is 2.86 bits per heavy atom. The smallest absolute Gasteiger partial charge is 0.251 e. The summed E-state index contributed by atoms with van der Waals surface area (Å²) in [5, 5.41) is 2.76. The Hall–Kier alpha value is -1.57. The van der Waals surface area contributed by atoms with Crippen LogP contribution in [0.25, 0.3) is 0 Å². The van der Waals surface area contributed by atoms with Gasteiger partial charge in [-0.25, -0.2) is 0 Å². The molecular weight excluding hydrogens is 174 g/mol. The van der Waals surface area contributed by atoms with Crippen LogP contribution in [0.15, 0.2) is 30.9 Å². The highest BCUT2D eigenvalue weighted by Gasteiger charge is 2.07. The van der Waals surface area contributed by atoms with Crippen molar-refractivity contribution in [3.8, 4) is 0 Å². The van der Waals surface area contributed by atoms with Crippen molar-refractivity contribution in [3.63, 3.8) is 0 Å². The normalized spacial score (nSPS) is 9.57. The van der Waals surface area contributed by atoms with Gasteiger partial charge < -0.3 is 5.32 Å². The molecule has 14 heavy (non-hydrogen) atoms. The van der Waals surface area contributed by atoms with Gasteiger partial charge in [0.25, 0.3) is 5.91 Å². The van der Waals surface area contributed by atoms with Crippen molar-refractivity contribution in [2.24, 2.45) is 0 Å². The molecule has 0 aliphatic heterocycles. The molecule has 0 fully saturated rings. The summed E-state index contributed by atoms with van der Waals surface area (Å²) in [4.78, 5) is 11.6. The van der Waals surface area contributed by atoms with E-state index in [1.54, 1.807) is 6.08 Å². The minimum absolute atomic E-state index is 0.0360. The third-order valence-corrected chi connectivity index (χ3v) is 2.04. The van der Waals surface area contributed by atoms with Gasteiger partial charge in [0.2, 0.25) is 0 Å². The molecule has 0 saturated heterocycles. The molecule has 74 valence electrons. The minimum atomic E-state index is -0.0360. The van der Waals surface area contributed by atoms with Crippen LogP contribution in [0.1, 0.15) is 21.5 Å². The van der Waals surface area contributed by atoms with E-state index in [0.717, 1.165) is 16.7 Å². The van der Waals surface area contributed by atoms with Crippen LogP contribution in [0.4, 0.5) is 0 Å². The van der Waals surface area contributed by atoms with Gasteiger partial charge in [-0.3, -0.25) is 4.79 Å². The van der Waals surface area contributed by atoms with Gasteiger partial charge in [-0.1, -0.05) is 23.8 Å². The monoisotopic (exact) mass is 189 g/mol. The van der Waals surface area contributed by atoms with Gasteiger partial charge in [0, 0.05) is 12.1 Å². The first-order valence-corrected chi connectivity index (χ1v) is 4.61. The minimum Gasteiger partial charge on any atom is -0.349 e. The fourth-order valence-corrected chi connectivity index (χ4v) is 1.24. The van der Waals surface area contributed by atoms with Crippen molar-refractivity contribution < 1.29 is 4.79 Å². The summed E-state index contributed by atoms with van der Waals surface area (Å²) in [6.07, 6.45) is 1.67. The largest absolute Gasteiger partial charge is 0.349 e. The van der Waals surface area contributed by atoms with Crippen LogP contribution in [-0.2, 0) is 0 Å². The fraction of sp³-hybridized carbons (Fsp3) is 0.250. The maximum absolute atomic E-state index is 11.6. The third-order valence-electron chi connectivity index (χ3n) is 2.04. The molecule has 2 nitrogen and oxygen atoms in total. The maximum Gasteiger partial charge on any atom is 0.251 e. The molecule has 0 aromatic heterocycles. The molecule has 1 amide bonds. The lowest BCUT2D eigenvalue weighted by molar-refractivity contribution is 0.0957. The second-order valence-corrected chi connectivity index (χ2v) is 3.32. The van der Waals surface area contributed by atoms with Crippen LogP contribution in [0.5, 0.6) is 0 Å². The van der Waals surface area contributed by atoms with E-state index in [2.05, 4.69) is 11.9 Å². The highest BCUT2D eigenvalue weighted by Crippen LogP contribution is 2.10. The Bertz CT molecular complexity index is 355. The molecule has 0 atom stereocenters. The second-order valence-electron chi connectivity index (χ2n) is 3.32. The average molecular weight is 189 g/mol. The summed E-state index contributed by atoms with van der Waals surface area (Å²) in [7, 11) is 0. The molecule has 1 aromatic rings. The van der Waals surface area contributed by atoms with Crippen LogP contribution >= 0.6 is 0 Å². The number of carbonyl (C=O) groups excluding carboxylic acids is 1. The van der Waals surface area contributed by atoms with E-state index in [-0.39, 0.29) is 5.91 Å². The highest BCUT2D eigenvalue weighted by atomic mass is 16.1. The molecule has 0 unspecified atom stereocenters. The Morgan fingerprint density at radius 2 is 2.21 bits per heavy atom. The zero-order valence-corrected chi connectivity index (χ0v) is 8.63. The highest BCUT2D eigenvalue weighted by molar-refractivity contribution is 5.95. The summed E-state index contributed by atoms with van der Waals surface area (Å²) in [6.45, 7) is 7.97. The lowest BCUT2D eigenvalue weighted by Crippen LogP contribution is -2.24. The molecule has 0 saturated carbocycles. The number of hydrogen-bond donors (Lipinski definition) is 1. The zero-order valence-electron chi connectivity index (χ0n) is 8.63. The number of carbonyl (C=O) groups is 1. The number of amides is 1. The molecule has 1 aromatic carbocycles. The summed E-state index contributed by atoms with van der Waals surface area (Å²) in [5.41, 5.74) is 2.84. The first-order valence-electron chi connectivity index (χ1n) is 4.61. The van der Waals surface area contributed by atoms with Crippen molar-refractivity contribution in [1.29, 1.82) is 0 Å². The van der Waals surface area contributed by atoms with Crippen molar-refractivity contribution in [2.75, 3.05) is 6.54 Å². The van der Waals surface area contributed by atoms with E-state index < -0.39 is 0 Å². The molecular formula is C12H15NO. The lowest BCUT2D eigenvalue weighted by atomic mass is 10.1. The predicted octanol–water partition coefficient (Wildman–Crippen LogP) is 2.22. The molecule has 0 aliphatic carbocycles. The standard InChI is InChI=1S/C12H15NO/c1-4-7-13-12(14)11-8-9(2)5-6-10(11)3/h4-6,8H,1,7H2,2-3H3,(H,13,14). The van der Waals surface area contributed by atoms with Crippen molar-refractivity contribution in [2.45, 2.75) is 13.8 Å². The first kappa shape index (κ1) is 10.5. The van der Waals surface area contributed by atoms with Gasteiger partial charge in [-0.05, 0) is 25.5 Å². The average Bonchev–Trinajstić information content (AvgIpc) is 2.18. The van der Waals surface area contributed by atoms with Crippen LogP contribution in [0.3, 0.4) is 0 Å². The van der Waals surface area contributed by atoms with Crippen LogP contribution < -0.4 is 5.32 Å². The zero-order chi connectivity index (χ0) is 10.6. The van der Waals surface area contributed by atoms with Gasteiger partial charge in [0.1, 0.15) is 0 Å². The molecule has 0 bridgehead atoms. The van der Waals surface area contributed by atoms with E-state index in [1.165, 1.54) is 0 Å². The van der Waals surface area contributed by atoms with Crippen LogP contribution in [0, 0.1) is 13.8 Å². The van der Waals surface area contributed by atoms with Crippen molar-refractivity contribution in [1.82, 2.24) is 5.32 Å². The van der Waals surface area contributed by atoms with E-state index in [9.17, 15) is 4.79 Å². The third kappa shape index (κ3) is 2.46. The van der Waals surface area contributed by atoms with Gasteiger partial charge in [-0.15, -0.1) is 6.58 Å². The topological polar surface area (TPSA) is 29.1 Å².